The summed E-state index contributed by atoms with van der Waals surface area (Å²) in [4.78, 5) is 5.90. The van der Waals surface area contributed by atoms with E-state index in [9.17, 15) is 5.11 Å². The van der Waals surface area contributed by atoms with E-state index < -0.39 is 6.10 Å². The summed E-state index contributed by atoms with van der Waals surface area (Å²) in [6.45, 7) is 1.79. The molecule has 2 bridgehead atoms. The molecule has 3 heteroatoms. The molecular weight excluding hydrogens is 214 g/mol. The van der Waals surface area contributed by atoms with Crippen LogP contribution in [0.15, 0.2) is 36.4 Å². The summed E-state index contributed by atoms with van der Waals surface area (Å²) in [5.41, 5.74) is 1.91. The summed E-state index contributed by atoms with van der Waals surface area (Å²) in [6.07, 6.45) is 6.27. The Balaban J connectivity index is 1.97. The molecule has 90 valence electrons. The Morgan fingerprint density at radius 2 is 2.12 bits per heavy atom. The predicted molar refractivity (Wildman–Crippen MR) is 66.6 cm³/mol. The third-order valence-electron chi connectivity index (χ3n) is 3.47. The fourth-order valence-corrected chi connectivity index (χ4v) is 2.56. The van der Waals surface area contributed by atoms with Gasteiger partial charge in [0, 0.05) is 5.56 Å². The molecule has 1 aromatic rings. The average molecular weight is 231 g/mol. The van der Waals surface area contributed by atoms with Crippen LogP contribution in [-0.2, 0) is 4.84 Å². The van der Waals surface area contributed by atoms with Gasteiger partial charge >= 0.3 is 0 Å². The van der Waals surface area contributed by atoms with Gasteiger partial charge in [0.15, 0.2) is 0 Å². The van der Waals surface area contributed by atoms with E-state index in [1.54, 1.807) is 6.92 Å². The van der Waals surface area contributed by atoms with Gasteiger partial charge in [-0.3, -0.25) is 4.84 Å². The Kier molecular flexibility index (Phi) is 2.65. The first-order valence-electron chi connectivity index (χ1n) is 6.17. The lowest BCUT2D eigenvalue weighted by Crippen LogP contribution is -2.46. The predicted octanol–water partition coefficient (Wildman–Crippen LogP) is 2.58. The number of fused-ring (bicyclic) bond motifs is 2. The van der Waals surface area contributed by atoms with E-state index in [1.165, 1.54) is 0 Å². The smallest absolute Gasteiger partial charge is 0.104 e. The second-order valence-corrected chi connectivity index (χ2v) is 4.73. The molecule has 0 aromatic heterocycles. The molecule has 0 saturated carbocycles. The van der Waals surface area contributed by atoms with Crippen molar-refractivity contribution in [1.82, 2.24) is 0 Å². The van der Waals surface area contributed by atoms with E-state index in [4.69, 9.17) is 4.84 Å². The van der Waals surface area contributed by atoms with Crippen LogP contribution in [0.4, 0.5) is 5.69 Å². The molecular formula is C14H17NO2. The first kappa shape index (κ1) is 10.8. The van der Waals surface area contributed by atoms with Crippen molar-refractivity contribution in [3.05, 3.63) is 42.0 Å². The molecule has 0 unspecified atom stereocenters. The first-order chi connectivity index (χ1) is 8.25. The molecule has 1 aromatic carbocycles. The van der Waals surface area contributed by atoms with E-state index in [-0.39, 0.29) is 6.10 Å². The second-order valence-electron chi connectivity index (χ2n) is 4.73. The molecule has 4 rings (SSSR count). The number of benzene rings is 1. The summed E-state index contributed by atoms with van der Waals surface area (Å²) in [5.74, 6) is 0. The lowest BCUT2D eigenvalue weighted by molar-refractivity contribution is 0.00260. The fraction of sp³-hybridized carbons (Fsp3) is 0.429. The number of aliphatic hydroxyl groups is 1. The van der Waals surface area contributed by atoms with Crippen molar-refractivity contribution in [2.45, 2.75) is 38.0 Å². The van der Waals surface area contributed by atoms with Gasteiger partial charge in [0.05, 0.1) is 17.8 Å². The number of aliphatic hydroxyl groups excluding tert-OH is 1. The number of hydroxylamine groups is 1. The first-order valence-corrected chi connectivity index (χ1v) is 6.17. The van der Waals surface area contributed by atoms with Gasteiger partial charge in [0.25, 0.3) is 0 Å². The van der Waals surface area contributed by atoms with Crippen molar-refractivity contribution in [3.63, 3.8) is 0 Å². The lowest BCUT2D eigenvalue weighted by atomic mass is 9.97. The Morgan fingerprint density at radius 1 is 1.29 bits per heavy atom. The van der Waals surface area contributed by atoms with Crippen LogP contribution in [0.2, 0.25) is 0 Å². The third kappa shape index (κ3) is 1.85. The largest absolute Gasteiger partial charge is 0.389 e. The summed E-state index contributed by atoms with van der Waals surface area (Å²) < 4.78 is 0. The molecule has 0 amide bonds. The zero-order valence-electron chi connectivity index (χ0n) is 9.91. The third-order valence-corrected chi connectivity index (χ3v) is 3.47. The highest BCUT2D eigenvalue weighted by Gasteiger charge is 2.32. The highest BCUT2D eigenvalue weighted by molar-refractivity contribution is 5.54. The monoisotopic (exact) mass is 231 g/mol. The van der Waals surface area contributed by atoms with Gasteiger partial charge < -0.3 is 5.11 Å². The van der Waals surface area contributed by atoms with E-state index in [2.05, 4.69) is 12.2 Å². The number of hydrogen-bond donors (Lipinski definition) is 1. The molecule has 3 atom stereocenters. The standard InChI is InChI=1S/C14H17NO2/c1-10(16)13-4-2-3-5-14(13)15-11-6-8-12(17-15)9-7-11/h2-6,8,10-12,16H,7,9H2,1H3/t10-,11+,12-/m0/s1. The van der Waals surface area contributed by atoms with Crippen LogP contribution in [0, 0.1) is 0 Å². The molecule has 2 heterocycles. The maximum absolute atomic E-state index is 9.81. The van der Waals surface area contributed by atoms with Crippen molar-refractivity contribution >= 4 is 5.69 Å². The van der Waals surface area contributed by atoms with Crippen LogP contribution in [0.3, 0.4) is 0 Å². The molecule has 0 spiro atoms. The van der Waals surface area contributed by atoms with Crippen molar-refractivity contribution in [1.29, 1.82) is 0 Å². The second kappa shape index (κ2) is 4.17. The molecule has 1 saturated heterocycles. The average Bonchev–Trinajstić information content (AvgIpc) is 2.40. The maximum atomic E-state index is 9.81. The van der Waals surface area contributed by atoms with Gasteiger partial charge in [-0.1, -0.05) is 30.4 Å². The summed E-state index contributed by atoms with van der Waals surface area (Å²) in [6, 6.07) is 8.20. The van der Waals surface area contributed by atoms with Crippen LogP contribution >= 0.6 is 0 Å². The minimum absolute atomic E-state index is 0.196. The minimum Gasteiger partial charge on any atom is -0.389 e. The van der Waals surface area contributed by atoms with E-state index in [1.807, 2.05) is 29.3 Å². The minimum atomic E-state index is -0.473. The number of nitrogens with zero attached hydrogens (tertiary/aromatic N) is 1. The van der Waals surface area contributed by atoms with Crippen LogP contribution in [0.25, 0.3) is 0 Å². The highest BCUT2D eigenvalue weighted by Crippen LogP contribution is 2.35. The van der Waals surface area contributed by atoms with Gasteiger partial charge in [-0.05, 0) is 25.8 Å². The Labute approximate surface area is 101 Å². The lowest BCUT2D eigenvalue weighted by Gasteiger charge is -2.42. The number of rotatable bonds is 2. The molecule has 1 N–H and O–H groups in total. The number of anilines is 1. The molecule has 1 aliphatic carbocycles. The van der Waals surface area contributed by atoms with Crippen LogP contribution in [0.5, 0.6) is 0 Å². The number of hydrogen-bond acceptors (Lipinski definition) is 3. The summed E-state index contributed by atoms with van der Waals surface area (Å²) in [7, 11) is 0. The topological polar surface area (TPSA) is 32.7 Å². The van der Waals surface area contributed by atoms with E-state index >= 15 is 0 Å². The Hall–Kier alpha value is -1.32. The zero-order valence-corrected chi connectivity index (χ0v) is 9.91. The van der Waals surface area contributed by atoms with Crippen LogP contribution < -0.4 is 5.06 Å². The van der Waals surface area contributed by atoms with Gasteiger partial charge in [0.2, 0.25) is 0 Å². The Morgan fingerprint density at radius 3 is 2.71 bits per heavy atom. The van der Waals surface area contributed by atoms with Crippen molar-refractivity contribution in [2.75, 3.05) is 5.06 Å². The molecule has 17 heavy (non-hydrogen) atoms. The molecule has 1 fully saturated rings. The summed E-state index contributed by atoms with van der Waals surface area (Å²) >= 11 is 0. The maximum Gasteiger partial charge on any atom is 0.104 e. The van der Waals surface area contributed by atoms with E-state index in [0.717, 1.165) is 24.1 Å². The van der Waals surface area contributed by atoms with Crippen LogP contribution in [-0.4, -0.2) is 17.3 Å². The quantitative estimate of drug-likeness (QED) is 0.794. The van der Waals surface area contributed by atoms with Gasteiger partial charge in [-0.2, -0.15) is 0 Å². The van der Waals surface area contributed by atoms with Crippen LogP contribution in [0.1, 0.15) is 31.4 Å². The van der Waals surface area contributed by atoms with Crippen molar-refractivity contribution < 1.29 is 9.94 Å². The van der Waals surface area contributed by atoms with Crippen molar-refractivity contribution in [3.8, 4) is 0 Å². The SMILES string of the molecule is C[C@H](O)c1ccccc1N1O[C@H]2C=C[C@@H]1CC2. The molecule has 2 aliphatic heterocycles. The van der Waals surface area contributed by atoms with E-state index in [0.29, 0.717) is 6.04 Å². The highest BCUT2D eigenvalue weighted by atomic mass is 16.7. The zero-order chi connectivity index (χ0) is 11.8. The fourth-order valence-electron chi connectivity index (χ4n) is 2.56. The molecule has 0 radical (unpaired) electrons. The van der Waals surface area contributed by atoms with Gasteiger partial charge in [0.1, 0.15) is 6.10 Å². The van der Waals surface area contributed by atoms with Gasteiger partial charge in [-0.15, -0.1) is 0 Å². The van der Waals surface area contributed by atoms with Crippen molar-refractivity contribution in [2.24, 2.45) is 0 Å². The Bertz CT molecular complexity index is 442. The van der Waals surface area contributed by atoms with Gasteiger partial charge in [-0.25, -0.2) is 5.06 Å². The summed E-state index contributed by atoms with van der Waals surface area (Å²) in [5, 5.41) is 11.8. The molecule has 3 nitrogen and oxygen atoms in total. The number of para-hydroxylation sites is 1. The normalized spacial score (nSPS) is 28.5. The molecule has 3 aliphatic rings.